The number of carboxylic acids is 1. The third kappa shape index (κ3) is 4.44. The van der Waals surface area contributed by atoms with E-state index in [2.05, 4.69) is 5.32 Å². The van der Waals surface area contributed by atoms with Crippen LogP contribution in [-0.2, 0) is 17.8 Å². The molecule has 0 saturated heterocycles. The maximum atomic E-state index is 10.7. The highest BCUT2D eigenvalue weighted by Gasteiger charge is 2.13. The molecule has 2 N–H and O–H groups in total. The Morgan fingerprint density at radius 2 is 1.87 bits per heavy atom. The van der Waals surface area contributed by atoms with E-state index < -0.39 is 5.97 Å². The maximum absolute atomic E-state index is 10.7. The molecule has 0 saturated carbocycles. The second kappa shape index (κ2) is 7.77. The topological polar surface area (TPSA) is 58.6 Å². The summed E-state index contributed by atoms with van der Waals surface area (Å²) in [6.07, 6.45) is -0.157. The summed E-state index contributed by atoms with van der Waals surface area (Å²) in [4.78, 5) is 10.7. The zero-order valence-electron chi connectivity index (χ0n) is 12.2. The van der Waals surface area contributed by atoms with Crippen molar-refractivity contribution < 1.29 is 14.6 Å². The number of aliphatic carboxylic acids is 1. The van der Waals surface area contributed by atoms with Crippen LogP contribution in [-0.4, -0.2) is 18.1 Å². The monoisotopic (exact) mass is 373 g/mol. The van der Waals surface area contributed by atoms with Crippen molar-refractivity contribution in [3.63, 3.8) is 0 Å². The molecule has 2 aromatic rings. The molecule has 2 rings (SSSR count). The molecule has 0 aliphatic carbocycles. The van der Waals surface area contributed by atoms with Gasteiger partial charge < -0.3 is 15.2 Å². The summed E-state index contributed by atoms with van der Waals surface area (Å²) >= 11 is 18.5. The van der Waals surface area contributed by atoms with Gasteiger partial charge in [-0.3, -0.25) is 4.79 Å². The second-order valence-electron chi connectivity index (χ2n) is 4.78. The lowest BCUT2D eigenvalue weighted by molar-refractivity contribution is -0.136. The van der Waals surface area contributed by atoms with E-state index >= 15 is 0 Å². The largest absolute Gasteiger partial charge is 0.486 e. The third-order valence-electron chi connectivity index (χ3n) is 3.13. The average Bonchev–Trinajstić information content (AvgIpc) is 2.47. The van der Waals surface area contributed by atoms with Gasteiger partial charge in [-0.05, 0) is 23.8 Å². The number of carboxylic acid groups (broad SMARTS) is 1. The lowest BCUT2D eigenvalue weighted by atomic mass is 10.1. The summed E-state index contributed by atoms with van der Waals surface area (Å²) in [5.74, 6) is -0.658. The summed E-state index contributed by atoms with van der Waals surface area (Å²) in [5.41, 5.74) is 2.08. The number of hydrogen-bond donors (Lipinski definition) is 2. The van der Waals surface area contributed by atoms with Gasteiger partial charge in [-0.25, -0.2) is 0 Å². The highest BCUT2D eigenvalue weighted by atomic mass is 35.5. The first-order valence-corrected chi connectivity index (χ1v) is 7.83. The Hall–Kier alpha value is -1.62. The Labute approximate surface area is 148 Å². The molecule has 0 atom stereocenters. The van der Waals surface area contributed by atoms with Crippen LogP contribution in [0.15, 0.2) is 30.3 Å². The Bertz CT molecular complexity index is 712. The van der Waals surface area contributed by atoms with Gasteiger partial charge in [0.15, 0.2) is 5.75 Å². The van der Waals surface area contributed by atoms with Gasteiger partial charge in [-0.15, -0.1) is 0 Å². The van der Waals surface area contributed by atoms with Gasteiger partial charge in [0.25, 0.3) is 0 Å². The molecule has 7 heteroatoms. The van der Waals surface area contributed by atoms with E-state index in [9.17, 15) is 4.79 Å². The van der Waals surface area contributed by atoms with Crippen LogP contribution < -0.4 is 10.1 Å². The smallest absolute Gasteiger partial charge is 0.307 e. The van der Waals surface area contributed by atoms with E-state index in [1.807, 2.05) is 18.2 Å². The average molecular weight is 375 g/mol. The van der Waals surface area contributed by atoms with E-state index in [-0.39, 0.29) is 23.1 Å². The molecule has 0 amide bonds. The SMILES string of the molecule is CNc1cccc(COc2c(Cl)cc(CC(=O)O)cc2Cl)c1Cl. The van der Waals surface area contributed by atoms with Crippen LogP contribution in [0.25, 0.3) is 0 Å². The molecule has 4 nitrogen and oxygen atoms in total. The number of halogens is 3. The third-order valence-corrected chi connectivity index (χ3v) is 4.14. The molecule has 0 heterocycles. The second-order valence-corrected chi connectivity index (χ2v) is 5.97. The number of nitrogens with one attached hydrogen (secondary N) is 1. The first-order chi connectivity index (χ1) is 10.9. The van der Waals surface area contributed by atoms with Crippen LogP contribution in [0.3, 0.4) is 0 Å². The minimum absolute atomic E-state index is 0.157. The highest BCUT2D eigenvalue weighted by Crippen LogP contribution is 2.36. The number of benzene rings is 2. The zero-order valence-corrected chi connectivity index (χ0v) is 14.5. The van der Waals surface area contributed by atoms with E-state index in [4.69, 9.17) is 44.6 Å². The van der Waals surface area contributed by atoms with Crippen molar-refractivity contribution in [1.29, 1.82) is 0 Å². The molecule has 0 aliphatic heterocycles. The molecule has 0 radical (unpaired) electrons. The van der Waals surface area contributed by atoms with Crippen molar-refractivity contribution in [3.05, 3.63) is 56.5 Å². The molecule has 0 aliphatic rings. The Morgan fingerprint density at radius 3 is 2.43 bits per heavy atom. The molecule has 0 bridgehead atoms. The molecular weight excluding hydrogens is 361 g/mol. The predicted octanol–water partition coefficient (Wildman–Crippen LogP) is 4.89. The van der Waals surface area contributed by atoms with Crippen LogP contribution in [0, 0.1) is 0 Å². The lowest BCUT2D eigenvalue weighted by Crippen LogP contribution is -2.02. The fraction of sp³-hybridized carbons (Fsp3) is 0.188. The van der Waals surface area contributed by atoms with Crippen molar-refractivity contribution >= 4 is 46.5 Å². The minimum Gasteiger partial charge on any atom is -0.486 e. The summed E-state index contributed by atoms with van der Waals surface area (Å²) in [5, 5.41) is 12.9. The molecule has 122 valence electrons. The molecule has 0 spiro atoms. The van der Waals surface area contributed by atoms with Crippen molar-refractivity contribution in [1.82, 2.24) is 0 Å². The van der Waals surface area contributed by atoms with Gasteiger partial charge in [-0.2, -0.15) is 0 Å². The quantitative estimate of drug-likeness (QED) is 0.755. The van der Waals surface area contributed by atoms with Crippen molar-refractivity contribution in [2.45, 2.75) is 13.0 Å². The lowest BCUT2D eigenvalue weighted by Gasteiger charge is -2.13. The van der Waals surface area contributed by atoms with Crippen molar-refractivity contribution in [2.24, 2.45) is 0 Å². The van der Waals surface area contributed by atoms with E-state index in [1.165, 1.54) is 12.1 Å². The van der Waals surface area contributed by atoms with Gasteiger partial charge in [0.2, 0.25) is 0 Å². The van der Waals surface area contributed by atoms with Gasteiger partial charge in [0, 0.05) is 12.6 Å². The van der Waals surface area contributed by atoms with Crippen molar-refractivity contribution in [3.8, 4) is 5.75 Å². The van der Waals surface area contributed by atoms with Crippen LogP contribution in [0.2, 0.25) is 15.1 Å². The number of carbonyl (C=O) groups is 1. The first-order valence-electron chi connectivity index (χ1n) is 6.70. The first kappa shape index (κ1) is 17.7. The fourth-order valence-corrected chi connectivity index (χ4v) is 2.98. The molecule has 2 aromatic carbocycles. The van der Waals surface area contributed by atoms with E-state index in [0.717, 1.165) is 11.3 Å². The Morgan fingerprint density at radius 1 is 1.22 bits per heavy atom. The van der Waals surface area contributed by atoms with Crippen LogP contribution in [0.4, 0.5) is 5.69 Å². The van der Waals surface area contributed by atoms with Gasteiger partial charge >= 0.3 is 5.97 Å². The number of ether oxygens (including phenoxy) is 1. The summed E-state index contributed by atoms with van der Waals surface area (Å²) in [7, 11) is 1.78. The number of hydrogen-bond acceptors (Lipinski definition) is 3. The van der Waals surface area contributed by atoms with E-state index in [1.54, 1.807) is 7.05 Å². The van der Waals surface area contributed by atoms with Crippen molar-refractivity contribution in [2.75, 3.05) is 12.4 Å². The Kier molecular flexibility index (Phi) is 5.99. The van der Waals surface area contributed by atoms with Gasteiger partial charge in [0.1, 0.15) is 6.61 Å². The molecule has 0 aromatic heterocycles. The zero-order chi connectivity index (χ0) is 17.0. The van der Waals surface area contributed by atoms with E-state index in [0.29, 0.717) is 16.3 Å². The highest BCUT2D eigenvalue weighted by molar-refractivity contribution is 6.37. The van der Waals surface area contributed by atoms with Gasteiger partial charge in [-0.1, -0.05) is 46.9 Å². The fourth-order valence-electron chi connectivity index (χ4n) is 2.06. The molecule has 23 heavy (non-hydrogen) atoms. The minimum atomic E-state index is -0.957. The number of anilines is 1. The normalized spacial score (nSPS) is 10.4. The molecular formula is C16H14Cl3NO3. The Balaban J connectivity index is 2.19. The summed E-state index contributed by atoms with van der Waals surface area (Å²) < 4.78 is 5.67. The maximum Gasteiger partial charge on any atom is 0.307 e. The van der Waals surface area contributed by atoms with Crippen LogP contribution >= 0.6 is 34.8 Å². The summed E-state index contributed by atoms with van der Waals surface area (Å²) in [6, 6.07) is 8.61. The number of rotatable bonds is 6. The molecule has 0 fully saturated rings. The summed E-state index contributed by atoms with van der Waals surface area (Å²) in [6.45, 7) is 0.187. The predicted molar refractivity (Wildman–Crippen MR) is 93.1 cm³/mol. The van der Waals surface area contributed by atoms with Crippen LogP contribution in [0.5, 0.6) is 5.75 Å². The molecule has 0 unspecified atom stereocenters. The van der Waals surface area contributed by atoms with Gasteiger partial charge in [0.05, 0.1) is 27.2 Å². The standard InChI is InChI=1S/C16H14Cl3NO3/c1-20-13-4-2-3-10(15(13)19)8-23-16-11(17)5-9(6-12(16)18)7-14(21)22/h2-6,20H,7-8H2,1H3,(H,21,22). The van der Waals surface area contributed by atoms with Crippen LogP contribution in [0.1, 0.15) is 11.1 Å².